The molecule has 0 N–H and O–H groups in total. The smallest absolute Gasteiger partial charge is 0.0726 e. The van der Waals surface area contributed by atoms with Crippen LogP contribution in [0.5, 0.6) is 0 Å². The van der Waals surface area contributed by atoms with Crippen LogP contribution in [0.25, 0.3) is 0 Å². The Labute approximate surface area is 130 Å². The van der Waals surface area contributed by atoms with Crippen molar-refractivity contribution in [3.05, 3.63) is 29.3 Å². The fourth-order valence-corrected chi connectivity index (χ4v) is 3.29. The molecule has 1 heterocycles. The first-order chi connectivity index (χ1) is 10.1. The molecule has 2 atom stereocenters. The van der Waals surface area contributed by atoms with Crippen molar-refractivity contribution in [3.63, 3.8) is 0 Å². The molecule has 1 aliphatic heterocycles. The monoisotopic (exact) mass is 289 g/mol. The molecule has 0 unspecified atom stereocenters. The van der Waals surface area contributed by atoms with Gasteiger partial charge in [0.15, 0.2) is 0 Å². The number of benzene rings is 1. The van der Waals surface area contributed by atoms with Gasteiger partial charge in [-0.3, -0.25) is 0 Å². The number of hydrogen-bond donors (Lipinski definition) is 0. The second kappa shape index (κ2) is 7.84. The van der Waals surface area contributed by atoms with Crippen LogP contribution >= 0.6 is 0 Å². The zero-order valence-corrected chi connectivity index (χ0v) is 14.2. The van der Waals surface area contributed by atoms with Crippen molar-refractivity contribution in [2.75, 3.05) is 18.0 Å². The third-order valence-corrected chi connectivity index (χ3v) is 4.41. The van der Waals surface area contributed by atoms with Crippen LogP contribution in [-0.2, 0) is 11.2 Å². The van der Waals surface area contributed by atoms with E-state index in [2.05, 4.69) is 50.8 Å². The number of rotatable bonds is 6. The summed E-state index contributed by atoms with van der Waals surface area (Å²) in [5.74, 6) is 0. The summed E-state index contributed by atoms with van der Waals surface area (Å²) in [6.45, 7) is 10.9. The summed E-state index contributed by atoms with van der Waals surface area (Å²) in [4.78, 5) is 2.46. The Kier molecular flexibility index (Phi) is 6.10. The summed E-state index contributed by atoms with van der Waals surface area (Å²) in [6.07, 6.45) is 7.22. The maximum atomic E-state index is 5.83. The Balaban J connectivity index is 1.98. The molecule has 2 nitrogen and oxygen atoms in total. The average molecular weight is 289 g/mol. The number of nitrogens with zero attached hydrogens (tertiary/aromatic N) is 1. The molecule has 1 fully saturated rings. The fraction of sp³-hybridized carbons (Fsp3) is 0.684. The van der Waals surface area contributed by atoms with Gasteiger partial charge in [0, 0.05) is 18.8 Å². The molecule has 21 heavy (non-hydrogen) atoms. The molecule has 0 aromatic heterocycles. The minimum Gasteiger partial charge on any atom is -0.372 e. The molecule has 0 radical (unpaired) electrons. The summed E-state index contributed by atoms with van der Waals surface area (Å²) >= 11 is 0. The Morgan fingerprint density at radius 2 is 1.81 bits per heavy atom. The third-order valence-electron chi connectivity index (χ3n) is 4.41. The highest BCUT2D eigenvalue weighted by Crippen LogP contribution is 2.24. The number of aryl methyl sites for hydroxylation is 2. The van der Waals surface area contributed by atoms with Gasteiger partial charge in [0.25, 0.3) is 0 Å². The van der Waals surface area contributed by atoms with Crippen LogP contribution in [0, 0.1) is 6.92 Å². The fourth-order valence-electron chi connectivity index (χ4n) is 3.29. The van der Waals surface area contributed by atoms with E-state index in [0.29, 0.717) is 12.2 Å². The Bertz CT molecular complexity index is 433. The average Bonchev–Trinajstić information content (AvgIpc) is 2.44. The standard InChI is InChI=1S/C19H31NO/c1-5-6-7-8-9-18-10-11-19(12-15(18)2)20-13-16(3)21-17(4)14-20/h10-12,16-17H,5-9,13-14H2,1-4H3/t16-,17+. The van der Waals surface area contributed by atoms with Crippen molar-refractivity contribution in [1.29, 1.82) is 0 Å². The summed E-state index contributed by atoms with van der Waals surface area (Å²) < 4.78 is 5.83. The van der Waals surface area contributed by atoms with Crippen LogP contribution in [0.1, 0.15) is 57.6 Å². The van der Waals surface area contributed by atoms with E-state index in [1.54, 1.807) is 0 Å². The van der Waals surface area contributed by atoms with Crippen molar-refractivity contribution in [2.45, 2.75) is 72.0 Å². The Morgan fingerprint density at radius 3 is 2.43 bits per heavy atom. The summed E-state index contributed by atoms with van der Waals surface area (Å²) in [7, 11) is 0. The van der Waals surface area contributed by atoms with Crippen LogP contribution in [0.2, 0.25) is 0 Å². The molecule has 0 bridgehead atoms. The molecule has 0 spiro atoms. The summed E-state index contributed by atoms with van der Waals surface area (Å²) in [5.41, 5.74) is 4.31. The molecule has 0 amide bonds. The first-order valence-electron chi connectivity index (χ1n) is 8.60. The number of morpholine rings is 1. The SMILES string of the molecule is CCCCCCc1ccc(N2C[C@@H](C)O[C@@H](C)C2)cc1C. The van der Waals surface area contributed by atoms with Gasteiger partial charge in [0.05, 0.1) is 12.2 Å². The van der Waals surface area contributed by atoms with Gasteiger partial charge in [-0.2, -0.15) is 0 Å². The van der Waals surface area contributed by atoms with E-state index < -0.39 is 0 Å². The van der Waals surface area contributed by atoms with E-state index in [1.165, 1.54) is 48.9 Å². The minimum atomic E-state index is 0.322. The highest BCUT2D eigenvalue weighted by Gasteiger charge is 2.22. The van der Waals surface area contributed by atoms with Gasteiger partial charge in [0.2, 0.25) is 0 Å². The lowest BCUT2D eigenvalue weighted by atomic mass is 10.0. The molecule has 1 aromatic rings. The minimum absolute atomic E-state index is 0.322. The lowest BCUT2D eigenvalue weighted by Crippen LogP contribution is -2.45. The van der Waals surface area contributed by atoms with Crippen LogP contribution in [-0.4, -0.2) is 25.3 Å². The van der Waals surface area contributed by atoms with Crippen molar-refractivity contribution in [1.82, 2.24) is 0 Å². The summed E-state index contributed by atoms with van der Waals surface area (Å²) in [5, 5.41) is 0. The zero-order chi connectivity index (χ0) is 15.2. The number of unbranched alkanes of at least 4 members (excludes halogenated alkanes) is 3. The van der Waals surface area contributed by atoms with E-state index in [-0.39, 0.29) is 0 Å². The van der Waals surface area contributed by atoms with E-state index >= 15 is 0 Å². The molecule has 0 saturated carbocycles. The van der Waals surface area contributed by atoms with Gasteiger partial charge in [-0.25, -0.2) is 0 Å². The number of hydrogen-bond acceptors (Lipinski definition) is 2. The van der Waals surface area contributed by atoms with Crippen molar-refractivity contribution in [2.24, 2.45) is 0 Å². The van der Waals surface area contributed by atoms with Crippen LogP contribution < -0.4 is 4.90 Å². The highest BCUT2D eigenvalue weighted by atomic mass is 16.5. The van der Waals surface area contributed by atoms with E-state index in [4.69, 9.17) is 4.74 Å². The topological polar surface area (TPSA) is 12.5 Å². The maximum absolute atomic E-state index is 5.83. The lowest BCUT2D eigenvalue weighted by Gasteiger charge is -2.37. The molecule has 2 heteroatoms. The van der Waals surface area contributed by atoms with E-state index in [0.717, 1.165) is 13.1 Å². The lowest BCUT2D eigenvalue weighted by molar-refractivity contribution is -0.00522. The Morgan fingerprint density at radius 1 is 1.10 bits per heavy atom. The van der Waals surface area contributed by atoms with Crippen molar-refractivity contribution >= 4 is 5.69 Å². The maximum Gasteiger partial charge on any atom is 0.0726 e. The van der Waals surface area contributed by atoms with Crippen LogP contribution in [0.15, 0.2) is 18.2 Å². The second-order valence-corrected chi connectivity index (χ2v) is 6.58. The molecule has 1 aromatic carbocycles. The molecule has 1 saturated heterocycles. The molecule has 1 aliphatic rings. The van der Waals surface area contributed by atoms with Crippen molar-refractivity contribution in [3.8, 4) is 0 Å². The molecule has 2 rings (SSSR count). The molecular formula is C19H31NO. The predicted octanol–water partition coefficient (Wildman–Crippen LogP) is 4.73. The van der Waals surface area contributed by atoms with Gasteiger partial charge in [-0.05, 0) is 56.9 Å². The van der Waals surface area contributed by atoms with E-state index in [1.807, 2.05) is 0 Å². The largest absolute Gasteiger partial charge is 0.372 e. The van der Waals surface area contributed by atoms with Gasteiger partial charge < -0.3 is 9.64 Å². The first-order valence-corrected chi connectivity index (χ1v) is 8.60. The third kappa shape index (κ3) is 4.74. The second-order valence-electron chi connectivity index (χ2n) is 6.58. The normalized spacial score (nSPS) is 22.6. The van der Waals surface area contributed by atoms with Gasteiger partial charge in [-0.15, -0.1) is 0 Å². The van der Waals surface area contributed by atoms with E-state index in [9.17, 15) is 0 Å². The molecule has 0 aliphatic carbocycles. The first kappa shape index (κ1) is 16.4. The molecule has 118 valence electrons. The van der Waals surface area contributed by atoms with Gasteiger partial charge in [0.1, 0.15) is 0 Å². The summed E-state index contributed by atoms with van der Waals surface area (Å²) in [6, 6.07) is 6.99. The van der Waals surface area contributed by atoms with Crippen LogP contribution in [0.3, 0.4) is 0 Å². The van der Waals surface area contributed by atoms with Gasteiger partial charge >= 0.3 is 0 Å². The Hall–Kier alpha value is -1.02. The van der Waals surface area contributed by atoms with Gasteiger partial charge in [-0.1, -0.05) is 32.3 Å². The zero-order valence-electron chi connectivity index (χ0n) is 14.2. The van der Waals surface area contributed by atoms with Crippen LogP contribution in [0.4, 0.5) is 5.69 Å². The number of ether oxygens (including phenoxy) is 1. The molecular weight excluding hydrogens is 258 g/mol. The van der Waals surface area contributed by atoms with Crippen molar-refractivity contribution < 1.29 is 4.74 Å². The number of anilines is 1. The predicted molar refractivity (Wildman–Crippen MR) is 91.2 cm³/mol. The highest BCUT2D eigenvalue weighted by molar-refractivity contribution is 5.51. The quantitative estimate of drug-likeness (QED) is 0.702.